The van der Waals surface area contributed by atoms with E-state index in [1.807, 2.05) is 36.4 Å². The highest BCUT2D eigenvalue weighted by Crippen LogP contribution is 2.39. The first-order chi connectivity index (χ1) is 13.7. The van der Waals surface area contributed by atoms with Crippen LogP contribution in [0.3, 0.4) is 0 Å². The summed E-state index contributed by atoms with van der Waals surface area (Å²) in [5.74, 6) is 2.27. The van der Waals surface area contributed by atoms with Crippen LogP contribution in [0.5, 0.6) is 11.5 Å². The number of methoxy groups -OCH3 is 2. The van der Waals surface area contributed by atoms with Gasteiger partial charge in [0, 0.05) is 34.8 Å². The second-order valence-electron chi connectivity index (χ2n) is 6.89. The number of hydrogen-bond donors (Lipinski definition) is 0. The highest BCUT2D eigenvalue weighted by molar-refractivity contribution is 6.30. The first kappa shape index (κ1) is 18.8. The molecule has 0 spiro atoms. The summed E-state index contributed by atoms with van der Waals surface area (Å²) >= 11 is 5.96. The maximum absolute atomic E-state index is 5.96. The molecule has 1 aliphatic rings. The second-order valence-corrected chi connectivity index (χ2v) is 7.32. The van der Waals surface area contributed by atoms with Gasteiger partial charge in [-0.2, -0.15) is 0 Å². The summed E-state index contributed by atoms with van der Waals surface area (Å²) in [6.07, 6.45) is 3.97. The maximum atomic E-state index is 5.96. The van der Waals surface area contributed by atoms with E-state index < -0.39 is 0 Å². The van der Waals surface area contributed by atoms with Crippen molar-refractivity contribution < 1.29 is 13.9 Å². The molecular formula is C22H23ClN2O3. The fourth-order valence-corrected chi connectivity index (χ4v) is 3.90. The zero-order valence-corrected chi connectivity index (χ0v) is 16.8. The number of aromatic nitrogens is 1. The number of benzene rings is 2. The molecule has 6 heteroatoms. The van der Waals surface area contributed by atoms with Crippen LogP contribution in [0, 0.1) is 0 Å². The van der Waals surface area contributed by atoms with Crippen LogP contribution in [0.15, 0.2) is 53.1 Å². The molecule has 1 fully saturated rings. The van der Waals surface area contributed by atoms with E-state index in [2.05, 4.69) is 16.0 Å². The van der Waals surface area contributed by atoms with E-state index in [4.69, 9.17) is 25.5 Å². The maximum Gasteiger partial charge on any atom is 0.226 e. The Morgan fingerprint density at radius 3 is 2.71 bits per heavy atom. The van der Waals surface area contributed by atoms with E-state index in [9.17, 15) is 0 Å². The lowest BCUT2D eigenvalue weighted by molar-refractivity contribution is 0.240. The molecule has 0 aliphatic carbocycles. The van der Waals surface area contributed by atoms with Gasteiger partial charge in [-0.15, -0.1) is 0 Å². The third-order valence-electron chi connectivity index (χ3n) is 5.17. The topological polar surface area (TPSA) is 47.7 Å². The molecule has 0 radical (unpaired) electrons. The van der Waals surface area contributed by atoms with Crippen molar-refractivity contribution in [3.63, 3.8) is 0 Å². The molecule has 4 rings (SSSR count). The zero-order chi connectivity index (χ0) is 19.5. The lowest BCUT2D eigenvalue weighted by Gasteiger charge is -2.25. The van der Waals surface area contributed by atoms with Crippen LogP contribution >= 0.6 is 11.6 Å². The zero-order valence-electron chi connectivity index (χ0n) is 16.0. The number of oxazole rings is 1. The van der Waals surface area contributed by atoms with E-state index in [1.165, 1.54) is 5.56 Å². The van der Waals surface area contributed by atoms with Gasteiger partial charge in [0.1, 0.15) is 17.8 Å². The average molecular weight is 399 g/mol. The van der Waals surface area contributed by atoms with Crippen molar-refractivity contribution in [3.05, 3.63) is 65.0 Å². The van der Waals surface area contributed by atoms with Crippen molar-refractivity contribution in [2.24, 2.45) is 0 Å². The summed E-state index contributed by atoms with van der Waals surface area (Å²) in [5, 5.41) is 0.698. The number of ether oxygens (including phenoxy) is 2. The van der Waals surface area contributed by atoms with E-state index in [0.29, 0.717) is 10.9 Å². The second kappa shape index (κ2) is 8.25. The number of halogens is 1. The van der Waals surface area contributed by atoms with Gasteiger partial charge in [0.05, 0.1) is 19.9 Å². The molecule has 2 aromatic carbocycles. The molecule has 0 saturated carbocycles. The Labute approximate surface area is 169 Å². The molecule has 1 aromatic heterocycles. The minimum atomic E-state index is 0.288. The first-order valence-corrected chi connectivity index (χ1v) is 9.72. The molecule has 1 saturated heterocycles. The van der Waals surface area contributed by atoms with E-state index in [-0.39, 0.29) is 6.04 Å². The molecule has 28 heavy (non-hydrogen) atoms. The minimum absolute atomic E-state index is 0.288. The standard InChI is InChI=1S/C22H23ClN2O3/c1-26-18-9-10-19(21(12-18)27-2)20-4-3-11-25(20)13-17-14-28-22(24-17)15-5-7-16(23)8-6-15/h5-10,12,14,20H,3-4,11,13H2,1-2H3/t20-/m1/s1. The third-order valence-corrected chi connectivity index (χ3v) is 5.42. The Bertz CT molecular complexity index is 939. The van der Waals surface area contributed by atoms with Gasteiger partial charge in [-0.05, 0) is 49.7 Å². The SMILES string of the molecule is COc1ccc([C@H]2CCCN2Cc2coc(-c3ccc(Cl)cc3)n2)c(OC)c1. The fraction of sp³-hybridized carbons (Fsp3) is 0.318. The number of nitrogens with zero attached hydrogens (tertiary/aromatic N) is 2. The first-order valence-electron chi connectivity index (χ1n) is 9.34. The highest BCUT2D eigenvalue weighted by Gasteiger charge is 2.29. The molecule has 0 unspecified atom stereocenters. The van der Waals surface area contributed by atoms with Crippen LogP contribution in [0.2, 0.25) is 5.02 Å². The summed E-state index contributed by atoms with van der Waals surface area (Å²) in [7, 11) is 3.37. The summed E-state index contributed by atoms with van der Waals surface area (Å²) in [4.78, 5) is 7.09. The van der Waals surface area contributed by atoms with Crippen molar-refractivity contribution in [1.29, 1.82) is 0 Å². The average Bonchev–Trinajstić information content (AvgIpc) is 3.38. The van der Waals surface area contributed by atoms with Crippen LogP contribution in [0.1, 0.15) is 30.1 Å². The molecule has 0 bridgehead atoms. The number of hydrogen-bond acceptors (Lipinski definition) is 5. The van der Waals surface area contributed by atoms with Gasteiger partial charge >= 0.3 is 0 Å². The quantitative estimate of drug-likeness (QED) is 0.560. The normalized spacial score (nSPS) is 17.0. The Hall–Kier alpha value is -2.50. The number of rotatable bonds is 6. The minimum Gasteiger partial charge on any atom is -0.497 e. The van der Waals surface area contributed by atoms with Gasteiger partial charge in [0.25, 0.3) is 0 Å². The van der Waals surface area contributed by atoms with Crippen molar-refractivity contribution in [2.45, 2.75) is 25.4 Å². The van der Waals surface area contributed by atoms with Crippen molar-refractivity contribution >= 4 is 11.6 Å². The van der Waals surface area contributed by atoms with Crippen molar-refractivity contribution in [2.75, 3.05) is 20.8 Å². The van der Waals surface area contributed by atoms with E-state index in [0.717, 1.165) is 48.7 Å². The third kappa shape index (κ3) is 3.86. The highest BCUT2D eigenvalue weighted by atomic mass is 35.5. The number of likely N-dealkylation sites (tertiary alicyclic amines) is 1. The molecule has 3 aromatic rings. The molecule has 1 aliphatic heterocycles. The molecule has 2 heterocycles. The Balaban J connectivity index is 1.53. The van der Waals surface area contributed by atoms with Crippen LogP contribution in [0.4, 0.5) is 0 Å². The summed E-state index contributed by atoms with van der Waals surface area (Å²) in [6.45, 7) is 1.75. The van der Waals surface area contributed by atoms with Gasteiger partial charge in [0.15, 0.2) is 0 Å². The van der Waals surface area contributed by atoms with Crippen LogP contribution in [-0.4, -0.2) is 30.6 Å². The molecule has 1 atom stereocenters. The predicted molar refractivity (Wildman–Crippen MR) is 109 cm³/mol. The predicted octanol–water partition coefficient (Wildman–Crippen LogP) is 5.35. The lowest BCUT2D eigenvalue weighted by atomic mass is 10.0. The van der Waals surface area contributed by atoms with Gasteiger partial charge < -0.3 is 13.9 Å². The summed E-state index contributed by atoms with van der Waals surface area (Å²) < 4.78 is 16.6. The lowest BCUT2D eigenvalue weighted by Crippen LogP contribution is -2.23. The van der Waals surface area contributed by atoms with E-state index in [1.54, 1.807) is 20.5 Å². The summed E-state index contributed by atoms with van der Waals surface area (Å²) in [6, 6.07) is 13.8. The molecule has 5 nitrogen and oxygen atoms in total. The molecule has 146 valence electrons. The monoisotopic (exact) mass is 398 g/mol. The summed E-state index contributed by atoms with van der Waals surface area (Å²) in [5.41, 5.74) is 3.02. The van der Waals surface area contributed by atoms with Crippen LogP contribution < -0.4 is 9.47 Å². The Morgan fingerprint density at radius 1 is 1.14 bits per heavy atom. The van der Waals surface area contributed by atoms with Crippen molar-refractivity contribution in [1.82, 2.24) is 9.88 Å². The largest absolute Gasteiger partial charge is 0.497 e. The van der Waals surface area contributed by atoms with Gasteiger partial charge in [-0.3, -0.25) is 4.90 Å². The van der Waals surface area contributed by atoms with Gasteiger partial charge in [-0.1, -0.05) is 17.7 Å². The smallest absolute Gasteiger partial charge is 0.226 e. The Morgan fingerprint density at radius 2 is 1.96 bits per heavy atom. The Kier molecular flexibility index (Phi) is 5.55. The van der Waals surface area contributed by atoms with E-state index >= 15 is 0 Å². The fourth-order valence-electron chi connectivity index (χ4n) is 3.77. The van der Waals surface area contributed by atoms with Crippen molar-refractivity contribution in [3.8, 4) is 23.0 Å². The van der Waals surface area contributed by atoms with Crippen LogP contribution in [0.25, 0.3) is 11.5 Å². The molecule has 0 amide bonds. The molecular weight excluding hydrogens is 376 g/mol. The van der Waals surface area contributed by atoms with Crippen LogP contribution in [-0.2, 0) is 6.54 Å². The molecule has 0 N–H and O–H groups in total. The van der Waals surface area contributed by atoms with Gasteiger partial charge in [-0.25, -0.2) is 4.98 Å². The van der Waals surface area contributed by atoms with Gasteiger partial charge in [0.2, 0.25) is 5.89 Å².